The molecule has 0 aliphatic carbocycles. The average Bonchev–Trinajstić information content (AvgIpc) is 2.75. The molecule has 1 aliphatic rings. The maximum absolute atomic E-state index is 15.3. The number of nitrogens with zero attached hydrogens (tertiary/aromatic N) is 2. The molecule has 4 rings (SSSR count). The van der Waals surface area contributed by atoms with Gasteiger partial charge in [0.2, 0.25) is 0 Å². The van der Waals surface area contributed by atoms with Gasteiger partial charge in [0.25, 0.3) is 5.91 Å². The fourth-order valence-electron chi connectivity index (χ4n) is 4.31. The molecule has 2 heterocycles. The molecule has 1 amide bonds. The maximum Gasteiger partial charge on any atom is 0.258 e. The van der Waals surface area contributed by atoms with Gasteiger partial charge in [-0.05, 0) is 52.5 Å². The van der Waals surface area contributed by atoms with Crippen molar-refractivity contribution >= 4 is 58.0 Å². The SMILES string of the molecule is C[C@@H]1C[C@H](N)CN(c2c(Br)cncc2NC(=O)c2ccc(F)c(-c3c(F)cccc3F)c2F)C1.Cl.Cl. The van der Waals surface area contributed by atoms with E-state index in [-0.39, 0.29) is 36.5 Å². The highest BCUT2D eigenvalue weighted by Gasteiger charge is 2.28. The highest BCUT2D eigenvalue weighted by atomic mass is 79.9. The first kappa shape index (κ1) is 29.8. The van der Waals surface area contributed by atoms with Crippen LogP contribution in [0.3, 0.4) is 0 Å². The van der Waals surface area contributed by atoms with Gasteiger partial charge >= 0.3 is 0 Å². The van der Waals surface area contributed by atoms with Crippen molar-refractivity contribution < 1.29 is 22.4 Å². The molecule has 1 fully saturated rings. The van der Waals surface area contributed by atoms with Crippen LogP contribution in [0, 0.1) is 29.2 Å². The molecule has 1 aliphatic heterocycles. The molecule has 36 heavy (non-hydrogen) atoms. The number of amides is 1. The van der Waals surface area contributed by atoms with Gasteiger partial charge in [-0.3, -0.25) is 9.78 Å². The van der Waals surface area contributed by atoms with Gasteiger partial charge in [-0.25, -0.2) is 17.6 Å². The Kier molecular flexibility index (Phi) is 10.1. The minimum atomic E-state index is -1.38. The number of hydrogen-bond acceptors (Lipinski definition) is 4. The molecule has 2 aromatic carbocycles. The van der Waals surface area contributed by atoms with E-state index in [1.54, 1.807) is 6.20 Å². The van der Waals surface area contributed by atoms with Crippen molar-refractivity contribution in [2.75, 3.05) is 23.3 Å². The number of nitrogens with two attached hydrogens (primary N) is 1. The third-order valence-corrected chi connectivity index (χ3v) is 6.26. The van der Waals surface area contributed by atoms with E-state index in [1.165, 1.54) is 6.20 Å². The quantitative estimate of drug-likeness (QED) is 0.339. The van der Waals surface area contributed by atoms with Crippen LogP contribution in [0.4, 0.5) is 28.9 Å². The topological polar surface area (TPSA) is 71.2 Å². The molecule has 194 valence electrons. The molecule has 12 heteroatoms. The van der Waals surface area contributed by atoms with Crippen LogP contribution in [0.5, 0.6) is 0 Å². The van der Waals surface area contributed by atoms with Crippen molar-refractivity contribution in [1.29, 1.82) is 0 Å². The van der Waals surface area contributed by atoms with Crippen LogP contribution in [-0.2, 0) is 0 Å². The number of rotatable bonds is 4. The van der Waals surface area contributed by atoms with Gasteiger partial charge in [-0.2, -0.15) is 0 Å². The molecule has 1 aromatic heterocycles. The number of benzene rings is 2. The summed E-state index contributed by atoms with van der Waals surface area (Å²) >= 11 is 3.45. The van der Waals surface area contributed by atoms with Gasteiger partial charge in [0.05, 0.1) is 38.7 Å². The summed E-state index contributed by atoms with van der Waals surface area (Å²) < 4.78 is 58.8. The third kappa shape index (κ3) is 5.94. The van der Waals surface area contributed by atoms with Gasteiger partial charge in [-0.15, -0.1) is 24.8 Å². The van der Waals surface area contributed by atoms with Gasteiger partial charge in [0, 0.05) is 25.3 Å². The smallest absolute Gasteiger partial charge is 0.258 e. The summed E-state index contributed by atoms with van der Waals surface area (Å²) in [4.78, 5) is 19.1. The van der Waals surface area contributed by atoms with E-state index in [1.807, 2.05) is 4.90 Å². The number of hydrogen-bond donors (Lipinski definition) is 2. The molecule has 0 unspecified atom stereocenters. The minimum absolute atomic E-state index is 0. The van der Waals surface area contributed by atoms with Crippen LogP contribution in [0.15, 0.2) is 47.2 Å². The van der Waals surface area contributed by atoms with Crippen LogP contribution in [0.1, 0.15) is 23.7 Å². The Balaban J connectivity index is 0.00000228. The lowest BCUT2D eigenvalue weighted by Gasteiger charge is -2.37. The summed E-state index contributed by atoms with van der Waals surface area (Å²) in [5.41, 5.74) is 4.66. The number of pyridine rings is 1. The number of carbonyl (C=O) groups is 1. The Hall–Kier alpha value is -2.40. The van der Waals surface area contributed by atoms with Crippen molar-refractivity contribution in [1.82, 2.24) is 4.98 Å². The Morgan fingerprint density at radius 1 is 1.03 bits per heavy atom. The largest absolute Gasteiger partial charge is 0.367 e. The van der Waals surface area contributed by atoms with Crippen LogP contribution >= 0.6 is 40.7 Å². The Bertz CT molecular complexity index is 1240. The standard InChI is InChI=1S/C24H21BrF4N4O.2ClH/c1-12-7-13(30)11-33(10-12)23-15(25)8-31-9-19(23)32-24(34)14-5-6-18(28)21(22(14)29)20-16(26)3-2-4-17(20)27;;/h2-6,8-9,12-13H,7,10-11,30H2,1H3,(H,32,34);2*1H/t12-,13+;;/m1../s1. The van der Waals surface area contributed by atoms with Crippen molar-refractivity contribution in [3.05, 3.63) is 76.0 Å². The van der Waals surface area contributed by atoms with Gasteiger partial charge in [0.1, 0.15) is 23.3 Å². The van der Waals surface area contributed by atoms with Crippen LogP contribution in [-0.4, -0.2) is 30.0 Å². The second kappa shape index (κ2) is 12.2. The van der Waals surface area contributed by atoms with E-state index in [2.05, 4.69) is 33.2 Å². The lowest BCUT2D eigenvalue weighted by atomic mass is 9.96. The molecule has 1 saturated heterocycles. The number of halogens is 7. The number of piperidine rings is 1. The lowest BCUT2D eigenvalue weighted by molar-refractivity contribution is 0.102. The summed E-state index contributed by atoms with van der Waals surface area (Å²) in [6.45, 7) is 3.29. The Labute approximate surface area is 226 Å². The predicted molar refractivity (Wildman–Crippen MR) is 140 cm³/mol. The van der Waals surface area contributed by atoms with Crippen LogP contribution in [0.25, 0.3) is 11.1 Å². The zero-order valence-corrected chi connectivity index (χ0v) is 22.1. The number of carbonyl (C=O) groups excluding carboxylic acids is 1. The fourth-order valence-corrected chi connectivity index (χ4v) is 4.89. The molecular formula is C24H23BrCl2F4N4O. The number of nitrogens with one attached hydrogen (secondary N) is 1. The minimum Gasteiger partial charge on any atom is -0.367 e. The van der Waals surface area contributed by atoms with Gasteiger partial charge in [0.15, 0.2) is 0 Å². The molecular weight excluding hydrogens is 587 g/mol. The normalized spacial score (nSPS) is 17.1. The summed E-state index contributed by atoms with van der Waals surface area (Å²) in [6, 6.07) is 4.49. The first-order valence-electron chi connectivity index (χ1n) is 10.5. The molecule has 0 saturated carbocycles. The van der Waals surface area contributed by atoms with Gasteiger partial charge in [-0.1, -0.05) is 13.0 Å². The highest BCUT2D eigenvalue weighted by Crippen LogP contribution is 2.37. The maximum atomic E-state index is 15.3. The van der Waals surface area contributed by atoms with Crippen molar-refractivity contribution in [2.24, 2.45) is 11.7 Å². The van der Waals surface area contributed by atoms with Crippen LogP contribution in [0.2, 0.25) is 0 Å². The van der Waals surface area contributed by atoms with E-state index in [0.717, 1.165) is 36.8 Å². The summed E-state index contributed by atoms with van der Waals surface area (Å²) in [6.07, 6.45) is 3.83. The first-order valence-corrected chi connectivity index (χ1v) is 11.3. The summed E-state index contributed by atoms with van der Waals surface area (Å²) in [5.74, 6) is -5.49. The zero-order chi connectivity index (χ0) is 24.6. The summed E-state index contributed by atoms with van der Waals surface area (Å²) in [7, 11) is 0. The second-order valence-electron chi connectivity index (χ2n) is 8.36. The van der Waals surface area contributed by atoms with Crippen molar-refractivity contribution in [3.8, 4) is 11.1 Å². The molecule has 3 N–H and O–H groups in total. The molecule has 0 radical (unpaired) electrons. The second-order valence-corrected chi connectivity index (χ2v) is 9.21. The molecule has 3 aromatic rings. The lowest BCUT2D eigenvalue weighted by Crippen LogP contribution is -2.46. The van der Waals surface area contributed by atoms with Gasteiger partial charge < -0.3 is 16.0 Å². The number of aromatic nitrogens is 1. The average molecular weight is 610 g/mol. The monoisotopic (exact) mass is 608 g/mol. The van der Waals surface area contributed by atoms with E-state index in [0.29, 0.717) is 29.2 Å². The third-order valence-electron chi connectivity index (χ3n) is 5.68. The van der Waals surface area contributed by atoms with Crippen molar-refractivity contribution in [2.45, 2.75) is 19.4 Å². The van der Waals surface area contributed by atoms with Crippen molar-refractivity contribution in [3.63, 3.8) is 0 Å². The molecule has 5 nitrogen and oxygen atoms in total. The first-order chi connectivity index (χ1) is 16.2. The van der Waals surface area contributed by atoms with Crippen LogP contribution < -0.4 is 16.0 Å². The Morgan fingerprint density at radius 2 is 1.67 bits per heavy atom. The highest BCUT2D eigenvalue weighted by molar-refractivity contribution is 9.10. The molecule has 0 spiro atoms. The van der Waals surface area contributed by atoms with E-state index >= 15 is 4.39 Å². The van der Waals surface area contributed by atoms with E-state index in [4.69, 9.17) is 5.73 Å². The molecule has 0 bridgehead atoms. The number of anilines is 2. The predicted octanol–water partition coefficient (Wildman–Crippen LogP) is 6.34. The molecule has 2 atom stereocenters. The summed E-state index contributed by atoms with van der Waals surface area (Å²) in [5, 5.41) is 2.60. The van der Waals surface area contributed by atoms with E-state index in [9.17, 15) is 18.0 Å². The zero-order valence-electron chi connectivity index (χ0n) is 18.9. The Morgan fingerprint density at radius 3 is 2.31 bits per heavy atom. The fraction of sp³-hybridized carbons (Fsp3) is 0.250. The van der Waals surface area contributed by atoms with E-state index < -0.39 is 45.9 Å².